The third-order valence-corrected chi connectivity index (χ3v) is 6.96. The summed E-state index contributed by atoms with van der Waals surface area (Å²) in [5.41, 5.74) is -6.02. The molecule has 0 amide bonds. The number of alkyl halides is 3. The predicted octanol–water partition coefficient (Wildman–Crippen LogP) is 3.56. The van der Waals surface area contributed by atoms with Gasteiger partial charge in [0.05, 0.1) is 13.2 Å². The monoisotopic (exact) mass is 396 g/mol. The van der Waals surface area contributed by atoms with Crippen LogP contribution in [0.3, 0.4) is 0 Å². The fourth-order valence-electron chi connectivity index (χ4n) is 5.60. The van der Waals surface area contributed by atoms with Crippen molar-refractivity contribution < 1.29 is 35.3 Å². The van der Waals surface area contributed by atoms with Crippen molar-refractivity contribution in [3.8, 4) is 0 Å². The van der Waals surface area contributed by atoms with Gasteiger partial charge in [-0.2, -0.15) is 21.6 Å². The first-order valence-corrected chi connectivity index (χ1v) is 10.0. The van der Waals surface area contributed by atoms with E-state index >= 15 is 0 Å². The molecule has 4 aliphatic rings. The normalized spacial score (nSPS) is 36.2. The van der Waals surface area contributed by atoms with Gasteiger partial charge in [0.1, 0.15) is 0 Å². The van der Waals surface area contributed by atoms with Gasteiger partial charge < -0.3 is 4.74 Å². The molecule has 2 unspecified atom stereocenters. The van der Waals surface area contributed by atoms with Gasteiger partial charge in [-0.1, -0.05) is 6.58 Å². The second-order valence-corrected chi connectivity index (χ2v) is 10.1. The van der Waals surface area contributed by atoms with Crippen LogP contribution in [0.5, 0.6) is 0 Å². The van der Waals surface area contributed by atoms with E-state index in [4.69, 9.17) is 4.74 Å². The van der Waals surface area contributed by atoms with Crippen LogP contribution in [0.1, 0.15) is 45.4 Å². The molecule has 0 aromatic rings. The number of hydrogen-bond acceptors (Lipinski definition) is 5. The topological polar surface area (TPSA) is 69.7 Å². The molecule has 0 aromatic carbocycles. The average Bonchev–Trinajstić information content (AvgIpc) is 2.48. The maximum Gasteiger partial charge on any atom is 0.523 e. The minimum atomic E-state index is -5.60. The van der Waals surface area contributed by atoms with Crippen molar-refractivity contribution in [2.75, 3.05) is 13.2 Å². The molecule has 5 nitrogen and oxygen atoms in total. The van der Waals surface area contributed by atoms with E-state index in [2.05, 4.69) is 10.8 Å². The number of ether oxygens (including phenoxy) is 1. The highest BCUT2D eigenvalue weighted by Crippen LogP contribution is 2.65. The number of halogens is 3. The van der Waals surface area contributed by atoms with Crippen molar-refractivity contribution in [1.29, 1.82) is 0 Å². The lowest BCUT2D eigenvalue weighted by Gasteiger charge is -2.61. The Morgan fingerprint density at radius 1 is 1.12 bits per heavy atom. The molecule has 26 heavy (non-hydrogen) atoms. The third-order valence-electron chi connectivity index (χ3n) is 5.97. The van der Waals surface area contributed by atoms with Crippen LogP contribution in [0.25, 0.3) is 0 Å². The Balaban J connectivity index is 1.73. The molecule has 9 heteroatoms. The Morgan fingerprint density at radius 2 is 1.62 bits per heavy atom. The first kappa shape index (κ1) is 19.7. The molecule has 148 valence electrons. The van der Waals surface area contributed by atoms with E-state index in [1.165, 1.54) is 0 Å². The molecule has 0 aromatic heterocycles. The SMILES string of the molecule is C=C(C)C(=O)OCC12CC3CC(C1)CC(COS(=O)(=O)C(F)(F)F)(C3)C2. The van der Waals surface area contributed by atoms with E-state index in [0.717, 1.165) is 19.3 Å². The third kappa shape index (κ3) is 3.65. The Labute approximate surface area is 151 Å². The van der Waals surface area contributed by atoms with Crippen LogP contribution in [0.15, 0.2) is 12.2 Å². The minimum absolute atomic E-state index is 0.194. The molecule has 0 aliphatic heterocycles. The van der Waals surface area contributed by atoms with Crippen LogP contribution in [-0.2, 0) is 23.8 Å². The van der Waals surface area contributed by atoms with Gasteiger partial charge in [0.15, 0.2) is 0 Å². The van der Waals surface area contributed by atoms with E-state index in [0.29, 0.717) is 36.7 Å². The number of rotatable bonds is 6. The molecular formula is C17H23F3O5S. The summed E-state index contributed by atoms with van der Waals surface area (Å²) in [7, 11) is -5.60. The van der Waals surface area contributed by atoms with Gasteiger partial charge in [0, 0.05) is 11.0 Å². The summed E-state index contributed by atoms with van der Waals surface area (Å²) in [6.45, 7) is 4.83. The number of carbonyl (C=O) groups excluding carboxylic acids is 1. The average molecular weight is 396 g/mol. The predicted molar refractivity (Wildman–Crippen MR) is 86.2 cm³/mol. The highest BCUT2D eigenvalue weighted by Gasteiger charge is 2.59. The van der Waals surface area contributed by atoms with Crippen LogP contribution in [0, 0.1) is 22.7 Å². The van der Waals surface area contributed by atoms with Crippen molar-refractivity contribution in [2.24, 2.45) is 22.7 Å². The summed E-state index contributed by atoms with van der Waals surface area (Å²) in [5, 5.41) is 0. The first-order valence-electron chi connectivity index (χ1n) is 8.64. The molecule has 4 aliphatic carbocycles. The molecule has 2 atom stereocenters. The second kappa shape index (κ2) is 6.22. The van der Waals surface area contributed by atoms with Crippen LogP contribution in [0.2, 0.25) is 0 Å². The lowest BCUT2D eigenvalue weighted by atomic mass is 9.44. The van der Waals surface area contributed by atoms with Gasteiger partial charge >= 0.3 is 21.6 Å². The largest absolute Gasteiger partial charge is 0.523 e. The lowest BCUT2D eigenvalue weighted by molar-refractivity contribution is -0.166. The maximum atomic E-state index is 12.6. The van der Waals surface area contributed by atoms with Crippen LogP contribution in [0.4, 0.5) is 13.2 Å². The maximum absolute atomic E-state index is 12.6. The van der Waals surface area contributed by atoms with Crippen LogP contribution in [-0.4, -0.2) is 33.1 Å². The van der Waals surface area contributed by atoms with Crippen molar-refractivity contribution in [2.45, 2.75) is 51.0 Å². The zero-order chi connectivity index (χ0) is 19.4. The van der Waals surface area contributed by atoms with Gasteiger partial charge in [-0.05, 0) is 62.7 Å². The minimum Gasteiger partial charge on any atom is -0.462 e. The first-order chi connectivity index (χ1) is 11.9. The van der Waals surface area contributed by atoms with E-state index in [1.54, 1.807) is 6.92 Å². The number of esters is 1. The van der Waals surface area contributed by atoms with E-state index < -0.39 is 33.6 Å². The van der Waals surface area contributed by atoms with Crippen molar-refractivity contribution in [3.05, 3.63) is 12.2 Å². The molecule has 4 bridgehead atoms. The van der Waals surface area contributed by atoms with Gasteiger partial charge in [0.2, 0.25) is 0 Å². The fraction of sp³-hybridized carbons (Fsp3) is 0.824. The van der Waals surface area contributed by atoms with Gasteiger partial charge in [0.25, 0.3) is 0 Å². The van der Waals surface area contributed by atoms with Gasteiger partial charge in [-0.3, -0.25) is 4.18 Å². The summed E-state index contributed by atoms with van der Waals surface area (Å²) in [5.74, 6) is 0.125. The molecule has 0 spiro atoms. The summed E-state index contributed by atoms with van der Waals surface area (Å²) in [4.78, 5) is 11.7. The van der Waals surface area contributed by atoms with E-state index in [1.807, 2.05) is 0 Å². The van der Waals surface area contributed by atoms with Gasteiger partial charge in [-0.25, -0.2) is 4.79 Å². The molecule has 4 rings (SSSR count). The second-order valence-electron chi connectivity index (χ2n) is 8.48. The van der Waals surface area contributed by atoms with Crippen molar-refractivity contribution in [3.63, 3.8) is 0 Å². The molecule has 4 fully saturated rings. The summed E-state index contributed by atoms with van der Waals surface area (Å²) >= 11 is 0. The number of hydrogen-bond donors (Lipinski definition) is 0. The quantitative estimate of drug-likeness (QED) is 0.297. The van der Waals surface area contributed by atoms with Crippen molar-refractivity contribution in [1.82, 2.24) is 0 Å². The Hall–Kier alpha value is -1.09. The smallest absolute Gasteiger partial charge is 0.462 e. The summed E-state index contributed by atoms with van der Waals surface area (Å²) in [6.07, 6.45) is 4.52. The molecule has 0 radical (unpaired) electrons. The summed E-state index contributed by atoms with van der Waals surface area (Å²) in [6, 6.07) is 0. The standard InChI is InChI=1S/C17H23F3O5S/c1-11(2)14(21)24-9-15-4-12-3-13(5-15)7-16(6-12,8-15)10-25-26(22,23)17(18,19)20/h12-13H,1,3-10H2,2H3. The lowest BCUT2D eigenvalue weighted by Crippen LogP contribution is -2.55. The van der Waals surface area contributed by atoms with Crippen LogP contribution >= 0.6 is 0 Å². The number of carbonyl (C=O) groups is 1. The summed E-state index contributed by atoms with van der Waals surface area (Å²) < 4.78 is 70.1. The zero-order valence-corrected chi connectivity index (χ0v) is 15.4. The highest BCUT2D eigenvalue weighted by atomic mass is 32.2. The highest BCUT2D eigenvalue weighted by molar-refractivity contribution is 7.87. The van der Waals surface area contributed by atoms with Crippen molar-refractivity contribution >= 4 is 16.1 Å². The fourth-order valence-corrected chi connectivity index (χ4v) is 6.14. The zero-order valence-electron chi connectivity index (χ0n) is 14.6. The molecule has 0 N–H and O–H groups in total. The van der Waals surface area contributed by atoms with Gasteiger partial charge in [-0.15, -0.1) is 0 Å². The Kier molecular flexibility index (Phi) is 4.71. The Bertz CT molecular complexity index is 698. The molecule has 0 saturated heterocycles. The van der Waals surface area contributed by atoms with Crippen LogP contribution < -0.4 is 0 Å². The molecular weight excluding hydrogens is 373 g/mol. The molecule has 4 saturated carbocycles. The van der Waals surface area contributed by atoms with E-state index in [-0.39, 0.29) is 12.0 Å². The Morgan fingerprint density at radius 3 is 2.08 bits per heavy atom. The van der Waals surface area contributed by atoms with E-state index in [9.17, 15) is 26.4 Å². The molecule has 0 heterocycles.